The van der Waals surface area contributed by atoms with Crippen LogP contribution in [0.3, 0.4) is 0 Å². The molecule has 0 radical (unpaired) electrons. The molecule has 100 valence electrons. The third kappa shape index (κ3) is 2.44. The Morgan fingerprint density at radius 2 is 1.71 bits per heavy atom. The zero-order chi connectivity index (χ0) is 12.8. The topological polar surface area (TPSA) is 47.9 Å². The van der Waals surface area contributed by atoms with Crippen LogP contribution in [0.1, 0.15) is 20.8 Å². The van der Waals surface area contributed by atoms with Crippen molar-refractivity contribution in [3.8, 4) is 0 Å². The van der Waals surface area contributed by atoms with Gasteiger partial charge < -0.3 is 19.0 Å². The molecule has 2 rings (SSSR count). The van der Waals surface area contributed by atoms with E-state index in [2.05, 4.69) is 33.9 Å². The molecule has 2 aliphatic rings. The molecule has 17 heavy (non-hydrogen) atoms. The van der Waals surface area contributed by atoms with Gasteiger partial charge in [-0.05, 0) is 18.1 Å². The first kappa shape index (κ1) is 13.5. The molecule has 0 bridgehead atoms. The van der Waals surface area contributed by atoms with Crippen LogP contribution in [0, 0.1) is 0 Å². The summed E-state index contributed by atoms with van der Waals surface area (Å²) < 4.78 is 17.5. The van der Waals surface area contributed by atoms with Gasteiger partial charge in [-0.2, -0.15) is 0 Å². The molecule has 0 aromatic heterocycles. The minimum atomic E-state index is -1.79. The number of aliphatic hydroxyl groups is 1. The third-order valence-electron chi connectivity index (χ3n) is 4.23. The zero-order valence-corrected chi connectivity index (χ0v) is 12.4. The van der Waals surface area contributed by atoms with E-state index in [1.165, 1.54) is 0 Å². The van der Waals surface area contributed by atoms with E-state index in [-0.39, 0.29) is 23.4 Å². The summed E-state index contributed by atoms with van der Waals surface area (Å²) >= 11 is 0. The number of ether oxygens (including phenoxy) is 2. The molecule has 0 spiro atoms. The Balaban J connectivity index is 2.02. The van der Waals surface area contributed by atoms with Gasteiger partial charge in [0.2, 0.25) is 0 Å². The molecule has 0 aromatic rings. The lowest BCUT2D eigenvalue weighted by Crippen LogP contribution is -2.47. The Labute approximate surface area is 104 Å². The minimum Gasteiger partial charge on any atom is -0.409 e. The van der Waals surface area contributed by atoms with Gasteiger partial charge in [0.15, 0.2) is 8.32 Å². The summed E-state index contributed by atoms with van der Waals surface area (Å²) in [6.45, 7) is 12.0. The summed E-state index contributed by atoms with van der Waals surface area (Å²) in [5.74, 6) is 0. The average molecular weight is 260 g/mol. The molecule has 2 saturated heterocycles. The van der Waals surface area contributed by atoms with Gasteiger partial charge in [-0.15, -0.1) is 0 Å². The van der Waals surface area contributed by atoms with Crippen molar-refractivity contribution in [2.24, 2.45) is 0 Å². The fraction of sp³-hybridized carbons (Fsp3) is 1.00. The van der Waals surface area contributed by atoms with Gasteiger partial charge in [-0.1, -0.05) is 20.8 Å². The molecule has 0 saturated carbocycles. The molecular formula is C12H24O4Si. The number of hydrogen-bond acceptors (Lipinski definition) is 4. The fourth-order valence-electron chi connectivity index (χ4n) is 2.10. The monoisotopic (exact) mass is 260 g/mol. The first-order valence-electron chi connectivity index (χ1n) is 6.31. The maximum absolute atomic E-state index is 9.68. The quantitative estimate of drug-likeness (QED) is 0.765. The molecule has 1 N–H and O–H groups in total. The maximum Gasteiger partial charge on any atom is 0.192 e. The van der Waals surface area contributed by atoms with E-state index in [0.717, 1.165) is 0 Å². The van der Waals surface area contributed by atoms with E-state index in [1.807, 2.05) is 0 Å². The molecule has 1 unspecified atom stereocenters. The standard InChI is InChI=1S/C12H24O4Si/c1-12(2,3)17(4,5)16-9-7-15-10-8(13)6-14-11(9)10/h8-11,13H,6-7H2,1-5H3/t8-,9?,10-,11-/m1/s1. The van der Waals surface area contributed by atoms with E-state index >= 15 is 0 Å². The van der Waals surface area contributed by atoms with E-state index < -0.39 is 14.4 Å². The van der Waals surface area contributed by atoms with Crippen molar-refractivity contribution in [2.75, 3.05) is 13.2 Å². The Hall–Kier alpha value is 0.0569. The number of fused-ring (bicyclic) bond motifs is 1. The highest BCUT2D eigenvalue weighted by Gasteiger charge is 2.50. The number of rotatable bonds is 2. The van der Waals surface area contributed by atoms with Crippen LogP contribution in [0.25, 0.3) is 0 Å². The molecular weight excluding hydrogens is 236 g/mol. The summed E-state index contributed by atoms with van der Waals surface area (Å²) in [5, 5.41) is 9.86. The molecule has 2 aliphatic heterocycles. The van der Waals surface area contributed by atoms with E-state index in [4.69, 9.17) is 13.9 Å². The van der Waals surface area contributed by atoms with Gasteiger partial charge >= 0.3 is 0 Å². The SMILES string of the molecule is CC(C)(C)[Si](C)(C)OC1CO[C@@H]2[C@H](O)CO[C@H]12. The molecule has 2 fully saturated rings. The Kier molecular flexibility index (Phi) is 3.42. The summed E-state index contributed by atoms with van der Waals surface area (Å²) in [6.07, 6.45) is -0.782. The predicted octanol–water partition coefficient (Wildman–Crippen LogP) is 1.54. The van der Waals surface area contributed by atoms with Crippen LogP contribution in [-0.2, 0) is 13.9 Å². The first-order chi connectivity index (χ1) is 7.72. The van der Waals surface area contributed by atoms with Crippen molar-refractivity contribution in [1.82, 2.24) is 0 Å². The summed E-state index contributed by atoms with van der Waals surface area (Å²) in [7, 11) is -1.79. The van der Waals surface area contributed by atoms with Crippen molar-refractivity contribution in [2.45, 2.75) is 63.3 Å². The lowest BCUT2D eigenvalue weighted by Gasteiger charge is -2.39. The number of hydrogen-bond donors (Lipinski definition) is 1. The van der Waals surface area contributed by atoms with Crippen molar-refractivity contribution in [1.29, 1.82) is 0 Å². The number of aliphatic hydroxyl groups excluding tert-OH is 1. The van der Waals surface area contributed by atoms with Gasteiger partial charge in [0.25, 0.3) is 0 Å². The van der Waals surface area contributed by atoms with Gasteiger partial charge in [0, 0.05) is 0 Å². The highest BCUT2D eigenvalue weighted by Crippen LogP contribution is 2.40. The second-order valence-electron chi connectivity index (χ2n) is 6.58. The van der Waals surface area contributed by atoms with E-state index in [1.54, 1.807) is 0 Å². The second-order valence-corrected chi connectivity index (χ2v) is 11.3. The Morgan fingerprint density at radius 1 is 1.12 bits per heavy atom. The second kappa shape index (κ2) is 4.31. The molecule has 0 amide bonds. The fourth-order valence-corrected chi connectivity index (χ4v) is 3.41. The maximum atomic E-state index is 9.68. The van der Waals surface area contributed by atoms with Crippen molar-refractivity contribution in [3.63, 3.8) is 0 Å². The summed E-state index contributed by atoms with van der Waals surface area (Å²) in [4.78, 5) is 0. The van der Waals surface area contributed by atoms with Crippen LogP contribution in [0.2, 0.25) is 18.1 Å². The smallest absolute Gasteiger partial charge is 0.192 e. The lowest BCUT2D eigenvalue weighted by atomic mass is 10.1. The molecule has 2 heterocycles. The summed E-state index contributed by atoms with van der Waals surface area (Å²) in [5.41, 5.74) is 0. The van der Waals surface area contributed by atoms with Crippen LogP contribution in [0.5, 0.6) is 0 Å². The normalized spacial score (nSPS) is 38.5. The minimum absolute atomic E-state index is 0.0157. The molecule has 0 aromatic carbocycles. The molecule has 4 atom stereocenters. The average Bonchev–Trinajstić information content (AvgIpc) is 2.70. The van der Waals surface area contributed by atoms with Gasteiger partial charge in [0.1, 0.15) is 18.3 Å². The Bertz CT molecular complexity index is 287. The lowest BCUT2D eigenvalue weighted by molar-refractivity contribution is 0.00562. The van der Waals surface area contributed by atoms with Gasteiger partial charge in [0.05, 0.1) is 19.3 Å². The largest absolute Gasteiger partial charge is 0.409 e. The van der Waals surface area contributed by atoms with Crippen molar-refractivity contribution >= 4 is 8.32 Å². The van der Waals surface area contributed by atoms with E-state index in [0.29, 0.717) is 13.2 Å². The Morgan fingerprint density at radius 3 is 2.29 bits per heavy atom. The van der Waals surface area contributed by atoms with Crippen LogP contribution in [0.4, 0.5) is 0 Å². The van der Waals surface area contributed by atoms with E-state index in [9.17, 15) is 5.11 Å². The third-order valence-corrected chi connectivity index (χ3v) is 8.74. The molecule has 0 aliphatic carbocycles. The van der Waals surface area contributed by atoms with Crippen LogP contribution in [-0.4, -0.2) is 51.1 Å². The van der Waals surface area contributed by atoms with Gasteiger partial charge in [-0.3, -0.25) is 0 Å². The molecule has 4 nitrogen and oxygen atoms in total. The predicted molar refractivity (Wildman–Crippen MR) is 67.6 cm³/mol. The van der Waals surface area contributed by atoms with Crippen LogP contribution < -0.4 is 0 Å². The van der Waals surface area contributed by atoms with Crippen LogP contribution >= 0.6 is 0 Å². The van der Waals surface area contributed by atoms with Crippen molar-refractivity contribution in [3.05, 3.63) is 0 Å². The highest BCUT2D eigenvalue weighted by molar-refractivity contribution is 6.74. The highest BCUT2D eigenvalue weighted by atomic mass is 28.4. The first-order valence-corrected chi connectivity index (χ1v) is 9.22. The van der Waals surface area contributed by atoms with Gasteiger partial charge in [-0.25, -0.2) is 0 Å². The van der Waals surface area contributed by atoms with Crippen molar-refractivity contribution < 1.29 is 19.0 Å². The summed E-state index contributed by atoms with van der Waals surface area (Å²) in [6, 6.07) is 0. The molecule has 5 heteroatoms. The van der Waals surface area contributed by atoms with Crippen LogP contribution in [0.15, 0.2) is 0 Å². The zero-order valence-electron chi connectivity index (χ0n) is 11.4.